The lowest BCUT2D eigenvalue weighted by molar-refractivity contribution is 0.0775. The van der Waals surface area contributed by atoms with Crippen molar-refractivity contribution in [3.8, 4) is 5.75 Å². The van der Waals surface area contributed by atoms with Crippen LogP contribution in [0.15, 0.2) is 30.5 Å². The van der Waals surface area contributed by atoms with Crippen molar-refractivity contribution >= 4 is 11.6 Å². The smallest absolute Gasteiger partial charge is 0.274 e. The summed E-state index contributed by atoms with van der Waals surface area (Å²) in [5.74, 6) is 0.674. The molecule has 1 aromatic heterocycles. The summed E-state index contributed by atoms with van der Waals surface area (Å²) >= 11 is 0. The molecule has 2 aromatic rings. The van der Waals surface area contributed by atoms with Crippen molar-refractivity contribution in [2.24, 2.45) is 7.05 Å². The van der Waals surface area contributed by atoms with Gasteiger partial charge in [0.1, 0.15) is 11.4 Å². The van der Waals surface area contributed by atoms with Crippen LogP contribution in [0.4, 0.5) is 5.69 Å². The van der Waals surface area contributed by atoms with E-state index in [9.17, 15) is 4.79 Å². The van der Waals surface area contributed by atoms with Gasteiger partial charge in [-0.05, 0) is 24.6 Å². The molecule has 0 aliphatic heterocycles. The molecular formula is C15H20N4O2. The van der Waals surface area contributed by atoms with Crippen molar-refractivity contribution in [1.29, 1.82) is 0 Å². The van der Waals surface area contributed by atoms with E-state index in [4.69, 9.17) is 10.5 Å². The summed E-state index contributed by atoms with van der Waals surface area (Å²) in [5.41, 5.74) is 7.60. The molecule has 6 heteroatoms. The molecule has 0 spiro atoms. The molecular weight excluding hydrogens is 268 g/mol. The number of amides is 1. The van der Waals surface area contributed by atoms with E-state index in [2.05, 4.69) is 5.10 Å². The zero-order chi connectivity index (χ0) is 15.4. The summed E-state index contributed by atoms with van der Waals surface area (Å²) in [6.45, 7) is 3.08. The number of nitrogens with two attached hydrogens (primary N) is 1. The average Bonchev–Trinajstić information content (AvgIpc) is 2.80. The molecule has 1 heterocycles. The van der Waals surface area contributed by atoms with Gasteiger partial charge in [-0.1, -0.05) is 12.1 Å². The van der Waals surface area contributed by atoms with Crippen molar-refractivity contribution < 1.29 is 9.53 Å². The molecule has 1 amide bonds. The number of benzene rings is 1. The summed E-state index contributed by atoms with van der Waals surface area (Å²) in [6, 6.07) is 7.69. The minimum atomic E-state index is -0.151. The lowest BCUT2D eigenvalue weighted by Gasteiger charge is -2.18. The monoisotopic (exact) mass is 288 g/mol. The largest absolute Gasteiger partial charge is 0.494 e. The number of aryl methyl sites for hydroxylation is 1. The Morgan fingerprint density at radius 3 is 2.57 bits per heavy atom. The Balaban J connectivity index is 2.07. The molecule has 6 nitrogen and oxygen atoms in total. The predicted octanol–water partition coefficient (Wildman–Crippen LogP) is 1.67. The van der Waals surface area contributed by atoms with E-state index in [0.29, 0.717) is 24.5 Å². The highest BCUT2D eigenvalue weighted by Crippen LogP contribution is 2.16. The van der Waals surface area contributed by atoms with Gasteiger partial charge in [0.05, 0.1) is 18.5 Å². The highest BCUT2D eigenvalue weighted by Gasteiger charge is 2.19. The molecule has 0 bridgehead atoms. The molecule has 0 aliphatic carbocycles. The van der Waals surface area contributed by atoms with Crippen molar-refractivity contribution in [2.75, 3.05) is 19.4 Å². The van der Waals surface area contributed by atoms with Gasteiger partial charge in [0.15, 0.2) is 0 Å². The van der Waals surface area contributed by atoms with Crippen molar-refractivity contribution in [3.05, 3.63) is 41.7 Å². The first kappa shape index (κ1) is 14.9. The van der Waals surface area contributed by atoms with Crippen molar-refractivity contribution in [3.63, 3.8) is 0 Å². The number of carbonyl (C=O) groups is 1. The van der Waals surface area contributed by atoms with E-state index in [0.717, 1.165) is 11.3 Å². The molecule has 112 valence electrons. The molecule has 0 saturated heterocycles. The molecule has 0 atom stereocenters. The summed E-state index contributed by atoms with van der Waals surface area (Å²) < 4.78 is 6.89. The highest BCUT2D eigenvalue weighted by atomic mass is 16.5. The molecule has 0 aliphatic rings. The van der Waals surface area contributed by atoms with Crippen LogP contribution in [0, 0.1) is 0 Å². The van der Waals surface area contributed by atoms with Gasteiger partial charge < -0.3 is 15.4 Å². The molecule has 21 heavy (non-hydrogen) atoms. The third-order valence-electron chi connectivity index (χ3n) is 3.17. The maximum atomic E-state index is 12.4. The fraction of sp³-hybridized carbons (Fsp3) is 0.333. The fourth-order valence-electron chi connectivity index (χ4n) is 2.10. The quantitative estimate of drug-likeness (QED) is 0.908. The van der Waals surface area contributed by atoms with E-state index in [-0.39, 0.29) is 5.91 Å². The van der Waals surface area contributed by atoms with Crippen LogP contribution in [-0.2, 0) is 13.6 Å². The molecule has 0 fully saturated rings. The lowest BCUT2D eigenvalue weighted by atomic mass is 10.2. The Bertz CT molecular complexity index is 600. The SMILES string of the molecule is CCOc1ccc(CN(C)C(=O)c2c(N)cnn2C)cc1. The second-order valence-electron chi connectivity index (χ2n) is 4.81. The van der Waals surface area contributed by atoms with Gasteiger partial charge in [-0.2, -0.15) is 5.10 Å². The Labute approximate surface area is 124 Å². The first-order valence-electron chi connectivity index (χ1n) is 6.77. The van der Waals surface area contributed by atoms with Crippen molar-refractivity contribution in [1.82, 2.24) is 14.7 Å². The van der Waals surface area contributed by atoms with Crippen LogP contribution in [0.2, 0.25) is 0 Å². The number of anilines is 1. The zero-order valence-electron chi connectivity index (χ0n) is 12.5. The summed E-state index contributed by atoms with van der Waals surface area (Å²) in [4.78, 5) is 14.0. The van der Waals surface area contributed by atoms with Gasteiger partial charge in [0.2, 0.25) is 0 Å². The maximum absolute atomic E-state index is 12.4. The van der Waals surface area contributed by atoms with E-state index in [1.165, 1.54) is 10.9 Å². The third kappa shape index (κ3) is 3.34. The number of rotatable bonds is 5. The predicted molar refractivity (Wildman–Crippen MR) is 81.0 cm³/mol. The van der Waals surface area contributed by atoms with Gasteiger partial charge in [-0.3, -0.25) is 9.48 Å². The normalized spacial score (nSPS) is 10.4. The number of carbonyl (C=O) groups excluding carboxylic acids is 1. The third-order valence-corrected chi connectivity index (χ3v) is 3.17. The Morgan fingerprint density at radius 1 is 1.38 bits per heavy atom. The first-order valence-corrected chi connectivity index (χ1v) is 6.77. The maximum Gasteiger partial charge on any atom is 0.274 e. The molecule has 0 saturated carbocycles. The molecule has 0 radical (unpaired) electrons. The Hall–Kier alpha value is -2.50. The van der Waals surface area contributed by atoms with Crippen LogP contribution in [-0.4, -0.2) is 34.2 Å². The standard InChI is InChI=1S/C15H20N4O2/c1-4-21-12-7-5-11(6-8-12)10-18(2)15(20)14-13(16)9-17-19(14)3/h5-9H,4,10,16H2,1-3H3. The van der Waals surface area contributed by atoms with Crippen LogP contribution in [0.5, 0.6) is 5.75 Å². The minimum absolute atomic E-state index is 0.151. The molecule has 2 N–H and O–H groups in total. The van der Waals surface area contributed by atoms with E-state index < -0.39 is 0 Å². The Kier molecular flexibility index (Phi) is 4.47. The van der Waals surface area contributed by atoms with E-state index in [1.807, 2.05) is 31.2 Å². The number of ether oxygens (including phenoxy) is 1. The average molecular weight is 288 g/mol. The summed E-state index contributed by atoms with van der Waals surface area (Å²) in [5, 5.41) is 3.99. The highest BCUT2D eigenvalue weighted by molar-refractivity contribution is 5.97. The van der Waals surface area contributed by atoms with Crippen LogP contribution in [0.25, 0.3) is 0 Å². The van der Waals surface area contributed by atoms with Crippen LogP contribution in [0.3, 0.4) is 0 Å². The number of nitrogen functional groups attached to an aromatic ring is 1. The van der Waals surface area contributed by atoms with E-state index >= 15 is 0 Å². The second-order valence-corrected chi connectivity index (χ2v) is 4.81. The first-order chi connectivity index (χ1) is 10.0. The van der Waals surface area contributed by atoms with Gasteiger partial charge in [-0.15, -0.1) is 0 Å². The number of hydrogen-bond donors (Lipinski definition) is 1. The van der Waals surface area contributed by atoms with Gasteiger partial charge in [-0.25, -0.2) is 0 Å². The molecule has 2 rings (SSSR count). The number of aromatic nitrogens is 2. The second kappa shape index (κ2) is 6.30. The lowest BCUT2D eigenvalue weighted by Crippen LogP contribution is -2.28. The fourth-order valence-corrected chi connectivity index (χ4v) is 2.10. The number of nitrogens with zero attached hydrogens (tertiary/aromatic N) is 3. The van der Waals surface area contributed by atoms with E-state index in [1.54, 1.807) is 19.0 Å². The number of hydrogen-bond acceptors (Lipinski definition) is 4. The topological polar surface area (TPSA) is 73.4 Å². The van der Waals surface area contributed by atoms with Crippen LogP contribution in [0.1, 0.15) is 23.0 Å². The van der Waals surface area contributed by atoms with Gasteiger partial charge >= 0.3 is 0 Å². The van der Waals surface area contributed by atoms with Gasteiger partial charge in [0, 0.05) is 20.6 Å². The summed E-state index contributed by atoms with van der Waals surface area (Å²) in [7, 11) is 3.44. The Morgan fingerprint density at radius 2 is 2.05 bits per heavy atom. The molecule has 0 unspecified atom stereocenters. The van der Waals surface area contributed by atoms with Crippen LogP contribution < -0.4 is 10.5 Å². The zero-order valence-corrected chi connectivity index (χ0v) is 12.5. The summed E-state index contributed by atoms with van der Waals surface area (Å²) in [6.07, 6.45) is 1.48. The van der Waals surface area contributed by atoms with Crippen molar-refractivity contribution in [2.45, 2.75) is 13.5 Å². The van der Waals surface area contributed by atoms with Crippen LogP contribution >= 0.6 is 0 Å². The minimum Gasteiger partial charge on any atom is -0.494 e. The van der Waals surface area contributed by atoms with Gasteiger partial charge in [0.25, 0.3) is 5.91 Å². The molecule has 1 aromatic carbocycles.